The van der Waals surface area contributed by atoms with Crippen LogP contribution in [0.3, 0.4) is 0 Å². The van der Waals surface area contributed by atoms with Gasteiger partial charge >= 0.3 is 0 Å². The minimum atomic E-state index is -0.314. The maximum absolute atomic E-state index is 10.1. The van der Waals surface area contributed by atoms with Gasteiger partial charge in [-0.2, -0.15) is 0 Å². The van der Waals surface area contributed by atoms with Crippen molar-refractivity contribution in [1.82, 2.24) is 9.55 Å². The number of fused-ring (bicyclic) bond motifs is 1. The monoisotopic (exact) mass is 375 g/mol. The van der Waals surface area contributed by atoms with Gasteiger partial charge in [-0.05, 0) is 37.1 Å². The summed E-state index contributed by atoms with van der Waals surface area (Å²) in [5, 5.41) is 11.4. The largest absolute Gasteiger partial charge is 0.391 e. The average molecular weight is 376 g/mol. The molecule has 1 aliphatic heterocycles. The van der Waals surface area contributed by atoms with Crippen molar-refractivity contribution >= 4 is 40.2 Å². The molecule has 0 bridgehead atoms. The van der Waals surface area contributed by atoms with Gasteiger partial charge in [0.2, 0.25) is 5.95 Å². The number of imidazole rings is 1. The lowest BCUT2D eigenvalue weighted by molar-refractivity contribution is 0.153. The van der Waals surface area contributed by atoms with Crippen LogP contribution in [0.25, 0.3) is 11.0 Å². The van der Waals surface area contributed by atoms with Gasteiger partial charge in [0.15, 0.2) is 0 Å². The van der Waals surface area contributed by atoms with Crippen LogP contribution in [0.15, 0.2) is 42.5 Å². The van der Waals surface area contributed by atoms with E-state index in [1.807, 2.05) is 36.4 Å². The number of aliphatic hydroxyl groups excluding tert-OH is 1. The SMILES string of the molecule is O[C@H]1CCCN(c2nc3ccccc3n2Cc2c(Cl)cccc2Cl)C1. The molecule has 1 aliphatic rings. The van der Waals surface area contributed by atoms with Gasteiger partial charge in [-0.3, -0.25) is 0 Å². The van der Waals surface area contributed by atoms with E-state index in [9.17, 15) is 5.11 Å². The quantitative estimate of drug-likeness (QED) is 0.739. The van der Waals surface area contributed by atoms with Crippen LogP contribution in [0.2, 0.25) is 10.0 Å². The second kappa shape index (κ2) is 6.87. The first-order chi connectivity index (χ1) is 12.1. The van der Waals surface area contributed by atoms with Crippen LogP contribution in [0.5, 0.6) is 0 Å². The number of anilines is 1. The van der Waals surface area contributed by atoms with Crippen molar-refractivity contribution in [2.24, 2.45) is 0 Å². The van der Waals surface area contributed by atoms with Gasteiger partial charge in [0, 0.05) is 28.7 Å². The van der Waals surface area contributed by atoms with Crippen molar-refractivity contribution in [3.8, 4) is 0 Å². The van der Waals surface area contributed by atoms with E-state index < -0.39 is 0 Å². The first kappa shape index (κ1) is 16.7. The van der Waals surface area contributed by atoms with Gasteiger partial charge in [0.05, 0.1) is 23.7 Å². The third-order valence-electron chi connectivity index (χ3n) is 4.69. The summed E-state index contributed by atoms with van der Waals surface area (Å²) in [6.07, 6.45) is 1.48. The number of piperidine rings is 1. The number of nitrogens with zero attached hydrogens (tertiary/aromatic N) is 3. The zero-order chi connectivity index (χ0) is 17.4. The molecule has 6 heteroatoms. The number of halogens is 2. The Bertz CT molecular complexity index is 889. The fraction of sp³-hybridized carbons (Fsp3) is 0.316. The van der Waals surface area contributed by atoms with Gasteiger partial charge < -0.3 is 14.6 Å². The number of hydrogen-bond donors (Lipinski definition) is 1. The molecular formula is C19H19Cl2N3O. The molecule has 1 saturated heterocycles. The molecule has 130 valence electrons. The van der Waals surface area contributed by atoms with Gasteiger partial charge in [0.25, 0.3) is 0 Å². The van der Waals surface area contributed by atoms with Crippen molar-refractivity contribution in [3.63, 3.8) is 0 Å². The maximum atomic E-state index is 10.1. The lowest BCUT2D eigenvalue weighted by Crippen LogP contribution is -2.39. The Morgan fingerprint density at radius 2 is 1.84 bits per heavy atom. The molecule has 0 unspecified atom stereocenters. The molecule has 0 spiro atoms. The van der Waals surface area contributed by atoms with E-state index in [1.54, 1.807) is 0 Å². The summed E-state index contributed by atoms with van der Waals surface area (Å²) >= 11 is 12.8. The summed E-state index contributed by atoms with van der Waals surface area (Å²) in [6.45, 7) is 2.02. The van der Waals surface area contributed by atoms with Crippen LogP contribution < -0.4 is 4.90 Å². The topological polar surface area (TPSA) is 41.3 Å². The standard InChI is InChI=1S/C19H19Cl2N3O/c20-15-6-3-7-16(21)14(15)12-24-18-9-2-1-8-17(18)22-19(24)23-10-4-5-13(25)11-23/h1-3,6-9,13,25H,4-5,10-12H2/t13-/m0/s1. The zero-order valence-electron chi connectivity index (χ0n) is 13.7. The van der Waals surface area contributed by atoms with Crippen LogP contribution in [0.4, 0.5) is 5.95 Å². The highest BCUT2D eigenvalue weighted by Gasteiger charge is 2.23. The van der Waals surface area contributed by atoms with Gasteiger partial charge in [-0.25, -0.2) is 4.98 Å². The van der Waals surface area contributed by atoms with E-state index in [1.165, 1.54) is 0 Å². The molecule has 1 atom stereocenters. The predicted molar refractivity (Wildman–Crippen MR) is 103 cm³/mol. The molecule has 2 aromatic carbocycles. The highest BCUT2D eigenvalue weighted by atomic mass is 35.5. The Balaban J connectivity index is 1.82. The molecule has 1 N–H and O–H groups in total. The molecular weight excluding hydrogens is 357 g/mol. The van der Waals surface area contributed by atoms with Crippen LogP contribution in [-0.4, -0.2) is 33.9 Å². The molecule has 2 heterocycles. The van der Waals surface area contributed by atoms with Gasteiger partial charge in [0.1, 0.15) is 0 Å². The summed E-state index contributed by atoms with van der Waals surface area (Å²) in [5.41, 5.74) is 2.85. The highest BCUT2D eigenvalue weighted by molar-refractivity contribution is 6.36. The van der Waals surface area contributed by atoms with Crippen molar-refractivity contribution in [2.75, 3.05) is 18.0 Å². The lowest BCUT2D eigenvalue weighted by atomic mass is 10.1. The molecule has 25 heavy (non-hydrogen) atoms. The first-order valence-electron chi connectivity index (χ1n) is 8.44. The van der Waals surface area contributed by atoms with Gasteiger partial charge in [-0.15, -0.1) is 0 Å². The van der Waals surface area contributed by atoms with Crippen LogP contribution >= 0.6 is 23.2 Å². The maximum Gasteiger partial charge on any atom is 0.206 e. The summed E-state index contributed by atoms with van der Waals surface area (Å²) in [5.74, 6) is 0.857. The Kier molecular flexibility index (Phi) is 4.59. The smallest absolute Gasteiger partial charge is 0.206 e. The predicted octanol–water partition coefficient (Wildman–Crippen LogP) is 4.35. The molecule has 3 aromatic rings. The fourth-order valence-corrected chi connectivity index (χ4v) is 3.95. The summed E-state index contributed by atoms with van der Waals surface area (Å²) in [6, 6.07) is 13.6. The van der Waals surface area contributed by atoms with Crippen LogP contribution in [0.1, 0.15) is 18.4 Å². The normalized spacial score (nSPS) is 18.0. The van der Waals surface area contributed by atoms with E-state index >= 15 is 0 Å². The Morgan fingerprint density at radius 3 is 2.60 bits per heavy atom. The Hall–Kier alpha value is -1.75. The van der Waals surface area contributed by atoms with E-state index in [-0.39, 0.29) is 6.10 Å². The van der Waals surface area contributed by atoms with Crippen molar-refractivity contribution in [2.45, 2.75) is 25.5 Å². The van der Waals surface area contributed by atoms with E-state index in [0.717, 1.165) is 41.9 Å². The molecule has 4 rings (SSSR count). The molecule has 1 aromatic heterocycles. The molecule has 1 fully saturated rings. The number of benzene rings is 2. The average Bonchev–Trinajstić information content (AvgIpc) is 2.97. The number of aliphatic hydroxyl groups is 1. The van der Waals surface area contributed by atoms with Crippen LogP contribution in [-0.2, 0) is 6.54 Å². The molecule has 0 aliphatic carbocycles. The van der Waals surface area contributed by atoms with E-state index in [0.29, 0.717) is 23.1 Å². The summed E-state index contributed by atoms with van der Waals surface area (Å²) in [7, 11) is 0. The van der Waals surface area contributed by atoms with E-state index in [2.05, 4.69) is 15.5 Å². The summed E-state index contributed by atoms with van der Waals surface area (Å²) in [4.78, 5) is 6.97. The lowest BCUT2D eigenvalue weighted by Gasteiger charge is -2.31. The van der Waals surface area contributed by atoms with Crippen molar-refractivity contribution in [3.05, 3.63) is 58.1 Å². The van der Waals surface area contributed by atoms with E-state index in [4.69, 9.17) is 28.2 Å². The number of aromatic nitrogens is 2. The van der Waals surface area contributed by atoms with Gasteiger partial charge in [-0.1, -0.05) is 41.4 Å². The molecule has 4 nitrogen and oxygen atoms in total. The Morgan fingerprint density at radius 1 is 1.08 bits per heavy atom. The Labute approximate surface area is 156 Å². The van der Waals surface area contributed by atoms with Crippen molar-refractivity contribution in [1.29, 1.82) is 0 Å². The third-order valence-corrected chi connectivity index (χ3v) is 5.40. The minimum Gasteiger partial charge on any atom is -0.391 e. The second-order valence-electron chi connectivity index (χ2n) is 6.43. The van der Waals surface area contributed by atoms with Crippen molar-refractivity contribution < 1.29 is 5.11 Å². The number of rotatable bonds is 3. The third kappa shape index (κ3) is 3.22. The fourth-order valence-electron chi connectivity index (χ4n) is 3.44. The molecule has 0 saturated carbocycles. The summed E-state index contributed by atoms with van der Waals surface area (Å²) < 4.78 is 2.14. The number of β-amino-alcohol motifs (C(OH)–C–C–N with tert-alkyl or cyclic N) is 1. The second-order valence-corrected chi connectivity index (χ2v) is 7.24. The highest BCUT2D eigenvalue weighted by Crippen LogP contribution is 2.30. The molecule has 0 amide bonds. The minimum absolute atomic E-state index is 0.314. The first-order valence-corrected chi connectivity index (χ1v) is 9.20. The zero-order valence-corrected chi connectivity index (χ0v) is 15.2. The number of hydrogen-bond acceptors (Lipinski definition) is 3. The molecule has 0 radical (unpaired) electrons. The number of para-hydroxylation sites is 2. The van der Waals surface area contributed by atoms with Crippen LogP contribution in [0, 0.1) is 0 Å².